The monoisotopic (exact) mass is 980 g/mol. The van der Waals surface area contributed by atoms with Gasteiger partial charge in [-0.3, -0.25) is 34.1 Å². The van der Waals surface area contributed by atoms with E-state index in [1.165, 1.54) is 34.4 Å². The number of thiazole rings is 1. The summed E-state index contributed by atoms with van der Waals surface area (Å²) in [7, 11) is 3.08. The number of urea groups is 1. The molecule has 18 nitrogen and oxygen atoms in total. The van der Waals surface area contributed by atoms with Crippen LogP contribution in [0.4, 0.5) is 4.79 Å². The number of methoxy groups -OCH3 is 1. The predicted octanol–water partition coefficient (Wildman–Crippen LogP) is 4.40. The smallest absolute Gasteiger partial charge is 0.324 e. The minimum atomic E-state index is -1.68. The average Bonchev–Trinajstić information content (AvgIpc) is 3.93. The Morgan fingerprint density at radius 3 is 2.56 bits per heavy atom. The number of amides is 5. The predicted molar refractivity (Wildman–Crippen MR) is 266 cm³/mol. The Kier molecular flexibility index (Phi) is 14.9. The molecule has 4 aromatic rings. The summed E-state index contributed by atoms with van der Waals surface area (Å²) in [6, 6.07) is 7.14. The number of hydrogen-bond acceptors (Lipinski definition) is 13. The number of fused-ring (bicyclic) bond motifs is 6. The molecule has 5 amide bonds. The molecule has 70 heavy (non-hydrogen) atoms. The minimum absolute atomic E-state index is 0.0607. The number of carbonyl (C=O) groups excluding carboxylic acids is 5. The number of aromatic nitrogens is 3. The quantitative estimate of drug-likeness (QED) is 0.115. The molecule has 4 aliphatic rings. The molecule has 7 heterocycles. The number of pyridine rings is 1. The van der Waals surface area contributed by atoms with Crippen molar-refractivity contribution in [1.29, 1.82) is 0 Å². The Labute approximate surface area is 413 Å². The van der Waals surface area contributed by atoms with E-state index in [2.05, 4.69) is 64.7 Å². The number of nitrogens with one attached hydrogen (secondary N) is 2. The molecule has 0 saturated carbocycles. The number of aliphatic hydroxyl groups is 1. The van der Waals surface area contributed by atoms with Gasteiger partial charge in [-0.25, -0.2) is 15.2 Å². The molecule has 0 spiro atoms. The lowest BCUT2D eigenvalue weighted by molar-refractivity contribution is -0.181. The number of hydrogen-bond donors (Lipinski definition) is 3. The van der Waals surface area contributed by atoms with Crippen LogP contribution in [0.3, 0.4) is 0 Å². The third-order valence-electron chi connectivity index (χ3n) is 14.3. The number of cyclic esters (lactones) is 1. The number of esters is 1. The van der Waals surface area contributed by atoms with Crippen LogP contribution in [0.5, 0.6) is 0 Å². The van der Waals surface area contributed by atoms with E-state index in [9.17, 15) is 29.1 Å². The van der Waals surface area contributed by atoms with Gasteiger partial charge in [-0.2, -0.15) is 0 Å². The van der Waals surface area contributed by atoms with E-state index in [0.717, 1.165) is 27.7 Å². The molecular weight excluding hydrogens is 913 g/mol. The first-order chi connectivity index (χ1) is 33.3. The first-order valence-electron chi connectivity index (χ1n) is 24.4. The highest BCUT2D eigenvalue weighted by molar-refractivity contribution is 7.10. The fraction of sp³-hybridized carbons (Fsp3) is 0.549. The van der Waals surface area contributed by atoms with Gasteiger partial charge in [-0.05, 0) is 74.9 Å². The Balaban J connectivity index is 1.10. The van der Waals surface area contributed by atoms with Crippen LogP contribution in [-0.4, -0.2) is 165 Å². The van der Waals surface area contributed by atoms with Crippen molar-refractivity contribution in [2.45, 2.75) is 104 Å². The standard InChI is InChI=1S/C51H68N10O8S/c1-10-42(62)59-27-33(28-59)57-20-22-58(23-21-57)49(66)56(8)43(31(3)4)46(63)54-38-25-41-53-39(29-70-41)32-16-17-40-35(24-32)36(44(60(40)11-2)34-14-12-18-52-45(34)51(7,67)68-9)26-50(5,6)30-69-48(65)37-15-13-19-61(55-37)47(38)64/h10,12,14,16-18,24,29,31,33,37-38,43,55,67H,1,11,13,15,19-23,25-28,30H2,2-9H3,(H,54,63)/t37-,38?,43-,51?/m0/s1. The number of rotatable bonds is 10. The number of nitrogens with zero attached hydrogens (tertiary/aromatic N) is 8. The van der Waals surface area contributed by atoms with Gasteiger partial charge in [0.15, 0.2) is 0 Å². The summed E-state index contributed by atoms with van der Waals surface area (Å²) in [5, 5.41) is 19.4. The molecule has 19 heteroatoms. The van der Waals surface area contributed by atoms with Crippen molar-refractivity contribution >= 4 is 52.0 Å². The first kappa shape index (κ1) is 50.7. The third-order valence-corrected chi connectivity index (χ3v) is 15.2. The second kappa shape index (κ2) is 20.5. The van der Waals surface area contributed by atoms with Gasteiger partial charge in [0, 0.05) is 118 Å². The number of carbonyl (C=O) groups is 5. The number of aryl methyl sites for hydroxylation is 1. The zero-order chi connectivity index (χ0) is 50.2. The molecule has 3 saturated heterocycles. The SMILES string of the molecule is C=CC(=O)N1CC(N2CCN(C(=O)N(C)[C@H](C(=O)NC3Cc4nc(cs4)-c4ccc5c(c4)c(c(-c4cccnc4C(C)(O)OC)n5CC)CC(C)(C)COC(=O)[C@@H]4CCCN(N4)C3=O)C(C)C)CC2)C1. The maximum Gasteiger partial charge on any atom is 0.324 e. The molecule has 376 valence electrons. The van der Waals surface area contributed by atoms with Gasteiger partial charge in [0.25, 0.3) is 5.91 Å². The maximum atomic E-state index is 14.7. The van der Waals surface area contributed by atoms with Crippen LogP contribution in [0, 0.1) is 11.3 Å². The van der Waals surface area contributed by atoms with Gasteiger partial charge in [0.1, 0.15) is 23.8 Å². The number of likely N-dealkylation sites (tertiary alicyclic amines) is 1. The van der Waals surface area contributed by atoms with Crippen LogP contribution in [-0.2, 0) is 53.8 Å². The van der Waals surface area contributed by atoms with Gasteiger partial charge >= 0.3 is 12.0 Å². The highest BCUT2D eigenvalue weighted by atomic mass is 32.1. The Hall–Kier alpha value is -5.73. The summed E-state index contributed by atoms with van der Waals surface area (Å²) in [5.41, 5.74) is 8.03. The number of ether oxygens (including phenoxy) is 2. The fourth-order valence-corrected chi connectivity index (χ4v) is 11.2. The normalized spacial score (nSPS) is 21.7. The lowest BCUT2D eigenvalue weighted by Gasteiger charge is -2.48. The molecule has 6 bridgehead atoms. The van der Waals surface area contributed by atoms with Gasteiger partial charge in [-0.15, -0.1) is 11.3 Å². The first-order valence-corrected chi connectivity index (χ1v) is 25.3. The topological polar surface area (TPSA) is 195 Å². The van der Waals surface area contributed by atoms with Gasteiger partial charge in [0.2, 0.25) is 17.6 Å². The van der Waals surface area contributed by atoms with Crippen LogP contribution < -0.4 is 10.7 Å². The Morgan fingerprint density at radius 1 is 1.13 bits per heavy atom. The van der Waals surface area contributed by atoms with E-state index in [4.69, 9.17) is 14.5 Å². The zero-order valence-corrected chi connectivity index (χ0v) is 42.5. The molecule has 0 aliphatic carbocycles. The summed E-state index contributed by atoms with van der Waals surface area (Å²) in [6.45, 7) is 19.6. The van der Waals surface area contributed by atoms with Crippen LogP contribution in [0.25, 0.3) is 33.4 Å². The molecule has 3 aromatic heterocycles. The minimum Gasteiger partial charge on any atom is -0.464 e. The Morgan fingerprint density at radius 2 is 1.87 bits per heavy atom. The highest BCUT2D eigenvalue weighted by Gasteiger charge is 2.41. The lowest BCUT2D eigenvalue weighted by Crippen LogP contribution is -2.65. The second-order valence-corrected chi connectivity index (χ2v) is 21.2. The van der Waals surface area contributed by atoms with Crippen molar-refractivity contribution in [3.8, 4) is 22.5 Å². The van der Waals surface area contributed by atoms with E-state index in [-0.39, 0.29) is 36.9 Å². The van der Waals surface area contributed by atoms with Gasteiger partial charge in [-0.1, -0.05) is 40.3 Å². The average molecular weight is 981 g/mol. The summed E-state index contributed by atoms with van der Waals surface area (Å²) in [5.74, 6) is -3.46. The molecule has 4 aliphatic heterocycles. The van der Waals surface area contributed by atoms with Crippen LogP contribution in [0.1, 0.15) is 70.6 Å². The van der Waals surface area contributed by atoms with E-state index >= 15 is 0 Å². The summed E-state index contributed by atoms with van der Waals surface area (Å²) >= 11 is 1.39. The Bertz CT molecular complexity index is 2630. The van der Waals surface area contributed by atoms with Gasteiger partial charge in [0.05, 0.1) is 23.0 Å². The van der Waals surface area contributed by atoms with Crippen molar-refractivity contribution in [3.63, 3.8) is 0 Å². The number of hydrazine groups is 1. The number of likely N-dealkylation sites (N-methyl/N-ethyl adjacent to an activating group) is 1. The largest absolute Gasteiger partial charge is 0.464 e. The van der Waals surface area contributed by atoms with E-state index in [1.807, 2.05) is 37.4 Å². The molecule has 3 fully saturated rings. The fourth-order valence-electron chi connectivity index (χ4n) is 10.4. The maximum absolute atomic E-state index is 14.7. The lowest BCUT2D eigenvalue weighted by atomic mass is 9.84. The zero-order valence-electron chi connectivity index (χ0n) is 41.7. The van der Waals surface area contributed by atoms with E-state index in [1.54, 1.807) is 30.0 Å². The molecule has 1 aromatic carbocycles. The summed E-state index contributed by atoms with van der Waals surface area (Å²) < 4.78 is 13.9. The molecule has 3 N–H and O–H groups in total. The summed E-state index contributed by atoms with van der Waals surface area (Å²) in [6.07, 6.45) is 4.49. The van der Waals surface area contributed by atoms with E-state index in [0.29, 0.717) is 93.6 Å². The second-order valence-electron chi connectivity index (χ2n) is 20.3. The number of piperazine rings is 1. The third kappa shape index (κ3) is 10.2. The molecule has 2 unspecified atom stereocenters. The molecule has 8 rings (SSSR count). The van der Waals surface area contributed by atoms with Gasteiger partial charge < -0.3 is 39.2 Å². The van der Waals surface area contributed by atoms with Crippen molar-refractivity contribution in [2.75, 3.05) is 66.6 Å². The van der Waals surface area contributed by atoms with Crippen LogP contribution in [0.15, 0.2) is 54.6 Å². The van der Waals surface area contributed by atoms with Crippen molar-refractivity contribution in [2.24, 2.45) is 11.3 Å². The number of benzene rings is 1. The van der Waals surface area contributed by atoms with Crippen LogP contribution >= 0.6 is 11.3 Å². The highest BCUT2D eigenvalue weighted by Crippen LogP contribution is 2.42. The van der Waals surface area contributed by atoms with E-state index < -0.39 is 47.1 Å². The molecule has 4 atom stereocenters. The summed E-state index contributed by atoms with van der Waals surface area (Å²) in [4.78, 5) is 86.3. The molecular formula is C51H68N10O8S. The van der Waals surface area contributed by atoms with Crippen LogP contribution in [0.2, 0.25) is 0 Å². The van der Waals surface area contributed by atoms with Crippen molar-refractivity contribution < 1.29 is 38.6 Å². The van der Waals surface area contributed by atoms with Crippen molar-refractivity contribution in [1.82, 2.24) is 49.9 Å². The van der Waals surface area contributed by atoms with Crippen molar-refractivity contribution in [3.05, 3.63) is 70.8 Å². The molecule has 0 radical (unpaired) electrons.